The van der Waals surface area contributed by atoms with Gasteiger partial charge in [0.25, 0.3) is 0 Å². The summed E-state index contributed by atoms with van der Waals surface area (Å²) in [7, 11) is 0. The number of hydrogen-bond acceptors (Lipinski definition) is 1. The van der Waals surface area contributed by atoms with Crippen molar-refractivity contribution in [2.45, 2.75) is 17.9 Å². The Bertz CT molecular complexity index is 283. The van der Waals surface area contributed by atoms with Gasteiger partial charge in [-0.05, 0) is 0 Å². The average Bonchev–Trinajstić information content (AvgIpc) is 2.27. The van der Waals surface area contributed by atoms with Crippen LogP contribution in [-0.4, -0.2) is 25.0 Å². The Morgan fingerprint density at radius 1 is 1.45 bits per heavy atom. The van der Waals surface area contributed by atoms with Crippen LogP contribution in [0.2, 0.25) is 0 Å². The van der Waals surface area contributed by atoms with Gasteiger partial charge in [0.05, 0.1) is 0 Å². The first-order chi connectivity index (χ1) is 5.25. The molecule has 1 aromatic carbocycles. The summed E-state index contributed by atoms with van der Waals surface area (Å²) in [6.07, 6.45) is 0. The summed E-state index contributed by atoms with van der Waals surface area (Å²) in [6, 6.07) is 6.75. The molecule has 0 spiro atoms. The van der Waals surface area contributed by atoms with Crippen LogP contribution >= 0.6 is 0 Å². The predicted octanol–water partition coefficient (Wildman–Crippen LogP) is 1.10. The van der Waals surface area contributed by atoms with E-state index in [9.17, 15) is 0 Å². The summed E-state index contributed by atoms with van der Waals surface area (Å²) in [5.41, 5.74) is 2.75. The molecule has 1 aromatic rings. The van der Waals surface area contributed by atoms with Gasteiger partial charge in [-0.25, -0.2) is 0 Å². The Balaban J connectivity index is 2.43. The molecule has 0 fully saturated rings. The number of fused-ring (bicyclic) bond motifs is 1. The van der Waals surface area contributed by atoms with Gasteiger partial charge in [0.15, 0.2) is 0 Å². The molecular weight excluding hydrogens is 250 g/mol. The van der Waals surface area contributed by atoms with E-state index in [1.807, 2.05) is 0 Å². The Kier molecular flexibility index (Phi) is 1.83. The molecule has 1 aliphatic rings. The number of anilines is 1. The van der Waals surface area contributed by atoms with Crippen LogP contribution in [0.5, 0.6) is 0 Å². The van der Waals surface area contributed by atoms with Gasteiger partial charge in [0, 0.05) is 0 Å². The first-order valence-corrected chi connectivity index (χ1v) is 6.30. The first kappa shape index (κ1) is 7.46. The molecule has 1 nitrogen and oxygen atoms in total. The molecule has 0 saturated carbocycles. The second-order valence-electron chi connectivity index (χ2n) is 2.90. The summed E-state index contributed by atoms with van der Waals surface area (Å²) in [5.74, 6) is 0. The molecule has 0 aromatic heterocycles. The monoisotopic (exact) mass is 263 g/mol. The molecule has 1 unspecified atom stereocenters. The summed E-state index contributed by atoms with van der Waals surface area (Å²) < 4.78 is 2.34. The SMILES string of the molecule is Cc1ccc2c(c1)NC(C)[Te]2. The van der Waals surface area contributed by atoms with Gasteiger partial charge in [0.2, 0.25) is 0 Å². The zero-order valence-corrected chi connectivity index (χ0v) is 9.05. The number of rotatable bonds is 0. The van der Waals surface area contributed by atoms with E-state index in [4.69, 9.17) is 0 Å². The van der Waals surface area contributed by atoms with Crippen LogP contribution in [0.3, 0.4) is 0 Å². The Hall–Kier alpha value is -0.190. The number of nitrogens with one attached hydrogen (secondary N) is 1. The second-order valence-corrected chi connectivity index (χ2v) is 6.85. The standard InChI is InChI=1S/C9H11NTe/c1-6-3-4-9-8(5-6)10-7(2)11-9/h3-5,7,10H,1-2H3. The van der Waals surface area contributed by atoms with Crippen molar-refractivity contribution in [2.75, 3.05) is 5.32 Å². The minimum atomic E-state index is 0.0648. The van der Waals surface area contributed by atoms with Crippen molar-refractivity contribution in [3.63, 3.8) is 0 Å². The topological polar surface area (TPSA) is 12.0 Å². The summed E-state index contributed by atoms with van der Waals surface area (Å²) >= 11 is 0.0648. The van der Waals surface area contributed by atoms with Gasteiger partial charge in [-0.3, -0.25) is 0 Å². The third-order valence-electron chi connectivity index (χ3n) is 1.80. The van der Waals surface area contributed by atoms with Crippen molar-refractivity contribution in [3.8, 4) is 0 Å². The van der Waals surface area contributed by atoms with Gasteiger partial charge in [0.1, 0.15) is 0 Å². The molecule has 0 bridgehead atoms. The molecular formula is C9H11NTe. The zero-order valence-electron chi connectivity index (χ0n) is 6.72. The normalized spacial score (nSPS) is 21.1. The fraction of sp³-hybridized carbons (Fsp3) is 0.333. The quantitative estimate of drug-likeness (QED) is 0.689. The third kappa shape index (κ3) is 1.38. The van der Waals surface area contributed by atoms with Crippen molar-refractivity contribution >= 4 is 30.2 Å². The third-order valence-corrected chi connectivity index (χ3v) is 4.88. The number of aryl methyl sites for hydroxylation is 1. The van der Waals surface area contributed by atoms with E-state index in [0.717, 1.165) is 4.09 Å². The Morgan fingerprint density at radius 2 is 2.27 bits per heavy atom. The van der Waals surface area contributed by atoms with Gasteiger partial charge in [-0.1, -0.05) is 0 Å². The molecule has 1 N–H and O–H groups in total. The van der Waals surface area contributed by atoms with Crippen LogP contribution in [0.25, 0.3) is 0 Å². The van der Waals surface area contributed by atoms with Crippen molar-refractivity contribution in [1.29, 1.82) is 0 Å². The van der Waals surface area contributed by atoms with Crippen molar-refractivity contribution in [2.24, 2.45) is 0 Å². The molecule has 0 radical (unpaired) electrons. The minimum absolute atomic E-state index is 0.0648. The first-order valence-electron chi connectivity index (χ1n) is 3.79. The van der Waals surface area contributed by atoms with E-state index >= 15 is 0 Å². The average molecular weight is 261 g/mol. The molecule has 2 rings (SSSR count). The van der Waals surface area contributed by atoms with Gasteiger partial charge in [-0.15, -0.1) is 0 Å². The molecule has 0 aliphatic carbocycles. The van der Waals surface area contributed by atoms with Crippen LogP contribution in [-0.2, 0) is 0 Å². The van der Waals surface area contributed by atoms with Crippen molar-refractivity contribution in [3.05, 3.63) is 23.8 Å². The van der Waals surface area contributed by atoms with E-state index in [-0.39, 0.29) is 20.9 Å². The Morgan fingerprint density at radius 3 is 3.09 bits per heavy atom. The van der Waals surface area contributed by atoms with E-state index in [1.54, 1.807) is 3.61 Å². The summed E-state index contributed by atoms with van der Waals surface area (Å²) in [5, 5.41) is 3.50. The predicted molar refractivity (Wildman–Crippen MR) is 49.7 cm³/mol. The Labute approximate surface area is 77.3 Å². The van der Waals surface area contributed by atoms with Crippen LogP contribution in [0.4, 0.5) is 5.69 Å². The number of benzene rings is 1. The molecule has 58 valence electrons. The maximum absolute atomic E-state index is 3.50. The maximum atomic E-state index is 3.50. The van der Waals surface area contributed by atoms with E-state index < -0.39 is 0 Å². The van der Waals surface area contributed by atoms with Crippen molar-refractivity contribution in [1.82, 2.24) is 0 Å². The fourth-order valence-electron chi connectivity index (χ4n) is 1.30. The number of hydrogen-bond donors (Lipinski definition) is 1. The van der Waals surface area contributed by atoms with Gasteiger partial charge in [-0.2, -0.15) is 0 Å². The zero-order chi connectivity index (χ0) is 7.84. The van der Waals surface area contributed by atoms with Crippen LogP contribution in [0.15, 0.2) is 18.2 Å². The van der Waals surface area contributed by atoms with Gasteiger partial charge < -0.3 is 0 Å². The van der Waals surface area contributed by atoms with Crippen molar-refractivity contribution < 1.29 is 0 Å². The summed E-state index contributed by atoms with van der Waals surface area (Å²) in [6.45, 7) is 4.42. The van der Waals surface area contributed by atoms with E-state index in [0.29, 0.717) is 0 Å². The molecule has 1 aliphatic heterocycles. The molecule has 1 heterocycles. The summed E-state index contributed by atoms with van der Waals surface area (Å²) in [4.78, 5) is 0. The molecule has 2 heteroatoms. The van der Waals surface area contributed by atoms with E-state index in [2.05, 4.69) is 37.4 Å². The molecule has 1 atom stereocenters. The van der Waals surface area contributed by atoms with Crippen LogP contribution in [0.1, 0.15) is 12.5 Å². The fourth-order valence-corrected chi connectivity index (χ4v) is 4.03. The van der Waals surface area contributed by atoms with Crippen LogP contribution in [0, 0.1) is 6.92 Å². The molecule has 11 heavy (non-hydrogen) atoms. The second kappa shape index (κ2) is 2.69. The molecule has 0 amide bonds. The van der Waals surface area contributed by atoms with Gasteiger partial charge >= 0.3 is 77.2 Å². The van der Waals surface area contributed by atoms with Crippen LogP contribution < -0.4 is 8.93 Å². The molecule has 0 saturated heterocycles. The van der Waals surface area contributed by atoms with E-state index in [1.165, 1.54) is 11.3 Å².